The van der Waals surface area contributed by atoms with Crippen molar-refractivity contribution in [2.45, 2.75) is 6.61 Å². The number of hydrogen-bond acceptors (Lipinski definition) is 3. The van der Waals surface area contributed by atoms with Crippen molar-refractivity contribution in [3.63, 3.8) is 0 Å². The first kappa shape index (κ1) is 17.1. The second-order valence-corrected chi connectivity index (χ2v) is 5.88. The molecule has 3 rings (SSSR count). The Morgan fingerprint density at radius 2 is 1.64 bits per heavy atom. The minimum atomic E-state index is 0.486. The fourth-order valence-electron chi connectivity index (χ4n) is 2.26. The monoisotopic (exact) mass is 351 g/mol. The highest BCUT2D eigenvalue weighted by Gasteiger charge is 1.98. The van der Waals surface area contributed by atoms with E-state index in [0.717, 1.165) is 28.3 Å². The fraction of sp³-hybridized carbons (Fsp3) is 0.0952. The van der Waals surface area contributed by atoms with Crippen molar-refractivity contribution in [1.82, 2.24) is 0 Å². The lowest BCUT2D eigenvalue weighted by molar-refractivity contribution is 0.306. The van der Waals surface area contributed by atoms with Crippen LogP contribution in [0.1, 0.15) is 11.1 Å². The molecule has 0 radical (unpaired) electrons. The van der Waals surface area contributed by atoms with Crippen molar-refractivity contribution in [2.24, 2.45) is 4.99 Å². The fourth-order valence-corrected chi connectivity index (χ4v) is 2.47. The molecule has 25 heavy (non-hydrogen) atoms. The van der Waals surface area contributed by atoms with E-state index in [1.54, 1.807) is 7.11 Å². The Labute approximate surface area is 152 Å². The molecule has 3 nitrogen and oxygen atoms in total. The summed E-state index contributed by atoms with van der Waals surface area (Å²) in [6, 6.07) is 23.1. The second-order valence-electron chi connectivity index (χ2n) is 5.44. The number of nitrogens with zero attached hydrogens (tertiary/aromatic N) is 1. The summed E-state index contributed by atoms with van der Waals surface area (Å²) in [5.41, 5.74) is 2.92. The predicted molar refractivity (Wildman–Crippen MR) is 102 cm³/mol. The third-order valence-corrected chi connectivity index (χ3v) is 3.84. The number of aliphatic imine (C=N–C) groups is 1. The standard InChI is InChI=1S/C21H18ClNO2/c1-24-20-11-7-19(8-12-20)23-14-16-5-9-21(10-6-16)25-15-17-3-2-4-18(22)13-17/h2-14H,15H2,1H3. The average Bonchev–Trinajstić information content (AvgIpc) is 2.66. The van der Waals surface area contributed by atoms with Gasteiger partial charge >= 0.3 is 0 Å². The van der Waals surface area contributed by atoms with Crippen LogP contribution in [0.25, 0.3) is 0 Å². The predicted octanol–water partition coefficient (Wildman–Crippen LogP) is 5.68. The van der Waals surface area contributed by atoms with Crippen LogP contribution in [0.15, 0.2) is 77.8 Å². The quantitative estimate of drug-likeness (QED) is 0.535. The maximum Gasteiger partial charge on any atom is 0.119 e. The molecule has 126 valence electrons. The summed E-state index contributed by atoms with van der Waals surface area (Å²) in [5.74, 6) is 1.63. The van der Waals surface area contributed by atoms with E-state index < -0.39 is 0 Å². The lowest BCUT2D eigenvalue weighted by atomic mass is 10.2. The van der Waals surface area contributed by atoms with Crippen LogP contribution in [0.2, 0.25) is 5.02 Å². The van der Waals surface area contributed by atoms with E-state index in [1.807, 2.05) is 79.0 Å². The van der Waals surface area contributed by atoms with Crippen molar-refractivity contribution >= 4 is 23.5 Å². The summed E-state index contributed by atoms with van der Waals surface area (Å²) in [6.07, 6.45) is 1.82. The molecule has 0 amide bonds. The molecule has 3 aromatic carbocycles. The van der Waals surface area contributed by atoms with Crippen molar-refractivity contribution in [3.8, 4) is 11.5 Å². The van der Waals surface area contributed by atoms with Crippen LogP contribution < -0.4 is 9.47 Å². The largest absolute Gasteiger partial charge is 0.497 e. The summed E-state index contributed by atoms with van der Waals surface area (Å²) < 4.78 is 10.9. The van der Waals surface area contributed by atoms with Gasteiger partial charge in [0.15, 0.2) is 0 Å². The first-order chi connectivity index (χ1) is 12.2. The van der Waals surface area contributed by atoms with Gasteiger partial charge in [-0.15, -0.1) is 0 Å². The summed E-state index contributed by atoms with van der Waals surface area (Å²) in [4.78, 5) is 4.45. The molecule has 0 bridgehead atoms. The van der Waals surface area contributed by atoms with Gasteiger partial charge in [-0.1, -0.05) is 23.7 Å². The maximum absolute atomic E-state index is 5.97. The lowest BCUT2D eigenvalue weighted by Crippen LogP contribution is -1.95. The van der Waals surface area contributed by atoms with Crippen molar-refractivity contribution < 1.29 is 9.47 Å². The van der Waals surface area contributed by atoms with Gasteiger partial charge in [-0.05, 0) is 71.8 Å². The first-order valence-electron chi connectivity index (χ1n) is 7.88. The van der Waals surface area contributed by atoms with Crippen LogP contribution in [0.5, 0.6) is 11.5 Å². The van der Waals surface area contributed by atoms with Crippen LogP contribution >= 0.6 is 11.6 Å². The molecule has 0 fully saturated rings. The van der Waals surface area contributed by atoms with Gasteiger partial charge in [-0.3, -0.25) is 4.99 Å². The third-order valence-electron chi connectivity index (χ3n) is 3.61. The lowest BCUT2D eigenvalue weighted by Gasteiger charge is -2.06. The van der Waals surface area contributed by atoms with E-state index in [-0.39, 0.29) is 0 Å². The number of hydrogen-bond donors (Lipinski definition) is 0. The Bertz CT molecular complexity index is 843. The molecule has 0 aliphatic rings. The molecule has 3 aromatic rings. The van der Waals surface area contributed by atoms with E-state index in [4.69, 9.17) is 21.1 Å². The summed E-state index contributed by atoms with van der Waals surface area (Å²) in [6.45, 7) is 0.486. The van der Waals surface area contributed by atoms with E-state index in [9.17, 15) is 0 Å². The zero-order valence-corrected chi connectivity index (χ0v) is 14.6. The minimum absolute atomic E-state index is 0.486. The SMILES string of the molecule is COc1ccc(N=Cc2ccc(OCc3cccc(Cl)c3)cc2)cc1. The molecule has 0 spiro atoms. The molecule has 0 saturated heterocycles. The Balaban J connectivity index is 1.58. The van der Waals surface area contributed by atoms with Crippen molar-refractivity contribution in [1.29, 1.82) is 0 Å². The van der Waals surface area contributed by atoms with E-state index in [1.165, 1.54) is 0 Å². The maximum atomic E-state index is 5.97. The highest BCUT2D eigenvalue weighted by molar-refractivity contribution is 6.30. The van der Waals surface area contributed by atoms with E-state index in [0.29, 0.717) is 11.6 Å². The zero-order chi connectivity index (χ0) is 17.5. The van der Waals surface area contributed by atoms with Crippen molar-refractivity contribution in [2.75, 3.05) is 7.11 Å². The summed E-state index contributed by atoms with van der Waals surface area (Å²) >= 11 is 5.97. The number of benzene rings is 3. The van der Waals surface area contributed by atoms with Gasteiger partial charge in [0.25, 0.3) is 0 Å². The number of methoxy groups -OCH3 is 1. The third kappa shape index (κ3) is 5.10. The summed E-state index contributed by atoms with van der Waals surface area (Å²) in [5, 5.41) is 0.714. The topological polar surface area (TPSA) is 30.8 Å². The van der Waals surface area contributed by atoms with Crippen LogP contribution in [0.3, 0.4) is 0 Å². The molecule has 0 heterocycles. The number of ether oxygens (including phenoxy) is 2. The number of halogens is 1. The van der Waals surface area contributed by atoms with Gasteiger partial charge in [-0.2, -0.15) is 0 Å². The molecule has 0 atom stereocenters. The van der Waals surface area contributed by atoms with E-state index >= 15 is 0 Å². The van der Waals surface area contributed by atoms with Gasteiger partial charge in [0, 0.05) is 11.2 Å². The Morgan fingerprint density at radius 1 is 0.920 bits per heavy atom. The molecular formula is C21H18ClNO2. The van der Waals surface area contributed by atoms with Gasteiger partial charge in [0.05, 0.1) is 12.8 Å². The van der Waals surface area contributed by atoms with Crippen LogP contribution in [0.4, 0.5) is 5.69 Å². The van der Waals surface area contributed by atoms with Gasteiger partial charge in [-0.25, -0.2) is 0 Å². The van der Waals surface area contributed by atoms with Crippen LogP contribution in [-0.4, -0.2) is 13.3 Å². The van der Waals surface area contributed by atoms with Gasteiger partial charge in [0.2, 0.25) is 0 Å². The Hall–Kier alpha value is -2.78. The molecule has 4 heteroatoms. The van der Waals surface area contributed by atoms with Crippen LogP contribution in [0, 0.1) is 0 Å². The Kier molecular flexibility index (Phi) is 5.70. The highest BCUT2D eigenvalue weighted by atomic mass is 35.5. The molecule has 0 aliphatic carbocycles. The van der Waals surface area contributed by atoms with E-state index in [2.05, 4.69) is 4.99 Å². The van der Waals surface area contributed by atoms with Crippen molar-refractivity contribution in [3.05, 3.63) is 88.9 Å². The second kappa shape index (κ2) is 8.36. The molecular weight excluding hydrogens is 334 g/mol. The van der Waals surface area contributed by atoms with Crippen LogP contribution in [-0.2, 0) is 6.61 Å². The molecule has 0 N–H and O–H groups in total. The highest BCUT2D eigenvalue weighted by Crippen LogP contribution is 2.19. The molecule has 0 aromatic heterocycles. The zero-order valence-electron chi connectivity index (χ0n) is 13.9. The molecule has 0 aliphatic heterocycles. The minimum Gasteiger partial charge on any atom is -0.497 e. The molecule has 0 saturated carbocycles. The average molecular weight is 352 g/mol. The van der Waals surface area contributed by atoms with Gasteiger partial charge in [0.1, 0.15) is 18.1 Å². The molecule has 0 unspecified atom stereocenters. The number of rotatable bonds is 6. The summed E-state index contributed by atoms with van der Waals surface area (Å²) in [7, 11) is 1.65. The Morgan fingerprint density at radius 3 is 2.32 bits per heavy atom. The normalized spacial score (nSPS) is 10.8. The first-order valence-corrected chi connectivity index (χ1v) is 8.26. The van der Waals surface area contributed by atoms with Gasteiger partial charge < -0.3 is 9.47 Å². The smallest absolute Gasteiger partial charge is 0.119 e.